The number of amides is 2. The molecule has 3 heterocycles. The molecule has 0 aromatic carbocycles. The summed E-state index contributed by atoms with van der Waals surface area (Å²) in [5.74, 6) is 0.781. The van der Waals surface area contributed by atoms with Crippen molar-refractivity contribution in [3.05, 3.63) is 18.2 Å². The van der Waals surface area contributed by atoms with Gasteiger partial charge in [-0.2, -0.15) is 0 Å². The zero-order valence-electron chi connectivity index (χ0n) is 14.4. The first kappa shape index (κ1) is 16.9. The van der Waals surface area contributed by atoms with Crippen LogP contribution in [0.2, 0.25) is 0 Å². The van der Waals surface area contributed by atoms with E-state index in [0.29, 0.717) is 32.5 Å². The zero-order valence-corrected chi connectivity index (χ0v) is 14.4. The van der Waals surface area contributed by atoms with Gasteiger partial charge in [-0.05, 0) is 0 Å². The summed E-state index contributed by atoms with van der Waals surface area (Å²) in [6, 6.07) is 0. The van der Waals surface area contributed by atoms with Crippen molar-refractivity contribution in [1.82, 2.24) is 19.4 Å². The molecule has 2 aliphatic heterocycles. The highest BCUT2D eigenvalue weighted by molar-refractivity contribution is 5.80. The molecule has 0 radical (unpaired) electrons. The third kappa shape index (κ3) is 2.91. The fourth-order valence-electron chi connectivity index (χ4n) is 3.49. The lowest BCUT2D eigenvalue weighted by molar-refractivity contribution is -0.181. The second-order valence-corrected chi connectivity index (χ2v) is 6.55. The van der Waals surface area contributed by atoms with Crippen LogP contribution in [0.5, 0.6) is 0 Å². The lowest BCUT2D eigenvalue weighted by Crippen LogP contribution is -2.54. The van der Waals surface area contributed by atoms with E-state index in [-0.39, 0.29) is 18.4 Å². The number of hydrogen-bond donors (Lipinski definition) is 0. The van der Waals surface area contributed by atoms with Gasteiger partial charge in [-0.25, -0.2) is 4.98 Å². The summed E-state index contributed by atoms with van der Waals surface area (Å²) in [5.41, 5.74) is -0.609. The van der Waals surface area contributed by atoms with Crippen molar-refractivity contribution in [1.29, 1.82) is 0 Å². The molecule has 24 heavy (non-hydrogen) atoms. The zero-order chi connectivity index (χ0) is 17.3. The Labute approximate surface area is 141 Å². The van der Waals surface area contributed by atoms with E-state index in [9.17, 15) is 9.59 Å². The van der Waals surface area contributed by atoms with Crippen molar-refractivity contribution in [2.75, 3.05) is 40.9 Å². The number of likely N-dealkylation sites (tertiary alicyclic amines) is 1. The number of carbonyl (C=O) groups excluding carboxylic acids is 2. The van der Waals surface area contributed by atoms with Crippen LogP contribution in [0.4, 0.5) is 0 Å². The second-order valence-electron chi connectivity index (χ2n) is 6.55. The van der Waals surface area contributed by atoms with Gasteiger partial charge in [0.2, 0.25) is 5.91 Å². The van der Waals surface area contributed by atoms with Crippen LogP contribution in [0.1, 0.15) is 18.7 Å². The predicted molar refractivity (Wildman–Crippen MR) is 85.2 cm³/mol. The molecule has 8 heteroatoms. The maximum Gasteiger partial charge on any atom is 0.253 e. The third-order valence-electron chi connectivity index (χ3n) is 4.76. The highest BCUT2D eigenvalue weighted by atomic mass is 16.5. The third-order valence-corrected chi connectivity index (χ3v) is 4.76. The molecule has 1 atom stereocenters. The molecule has 0 bridgehead atoms. The van der Waals surface area contributed by atoms with E-state index in [4.69, 9.17) is 9.47 Å². The molecular formula is C16H24N4O4. The first-order chi connectivity index (χ1) is 11.5. The molecule has 2 aliphatic rings. The summed E-state index contributed by atoms with van der Waals surface area (Å²) in [5, 5.41) is 0. The predicted octanol–water partition coefficient (Wildman–Crippen LogP) is -0.166. The Morgan fingerprint density at radius 1 is 1.42 bits per heavy atom. The molecule has 8 nitrogen and oxygen atoms in total. The molecule has 0 unspecified atom stereocenters. The van der Waals surface area contributed by atoms with Crippen LogP contribution in [-0.2, 0) is 31.2 Å². The fraction of sp³-hybridized carbons (Fsp3) is 0.688. The fourth-order valence-corrected chi connectivity index (χ4v) is 3.49. The van der Waals surface area contributed by atoms with E-state index in [2.05, 4.69) is 4.98 Å². The molecule has 0 aliphatic carbocycles. The highest BCUT2D eigenvalue weighted by Gasteiger charge is 2.47. The number of hydrogen-bond acceptors (Lipinski definition) is 5. The summed E-state index contributed by atoms with van der Waals surface area (Å²) < 4.78 is 13.2. The maximum atomic E-state index is 12.4. The Morgan fingerprint density at radius 3 is 2.75 bits per heavy atom. The Hall–Kier alpha value is -1.93. The number of methoxy groups -OCH3 is 1. The van der Waals surface area contributed by atoms with Crippen LogP contribution in [0.3, 0.4) is 0 Å². The van der Waals surface area contributed by atoms with E-state index in [0.717, 1.165) is 5.82 Å². The number of rotatable bonds is 3. The van der Waals surface area contributed by atoms with Crippen LogP contribution in [0, 0.1) is 0 Å². The van der Waals surface area contributed by atoms with E-state index < -0.39 is 11.7 Å². The summed E-state index contributed by atoms with van der Waals surface area (Å²) in [7, 11) is 4.98. The van der Waals surface area contributed by atoms with Crippen molar-refractivity contribution in [2.24, 2.45) is 0 Å². The smallest absolute Gasteiger partial charge is 0.253 e. The summed E-state index contributed by atoms with van der Waals surface area (Å²) in [4.78, 5) is 32.2. The Bertz CT molecular complexity index is 619. The standard InChI is InChI=1S/C16H24N4O4/c1-18(2)14(22)12-10-20-9-6-17-15(20)16(24-12)4-7-19(8-5-16)13(21)11-23-3/h6,9,12H,4-5,7-8,10-11H2,1-3H3/t12-/m0/s1. The second kappa shape index (κ2) is 6.52. The minimum atomic E-state index is -0.609. The van der Waals surface area contributed by atoms with E-state index in [1.807, 2.05) is 10.8 Å². The molecule has 1 fully saturated rings. The average Bonchev–Trinajstić information content (AvgIpc) is 3.04. The van der Waals surface area contributed by atoms with Gasteiger partial charge < -0.3 is 23.8 Å². The van der Waals surface area contributed by atoms with Crippen LogP contribution < -0.4 is 0 Å². The molecule has 0 saturated carbocycles. The molecule has 0 N–H and O–H groups in total. The van der Waals surface area contributed by atoms with Crippen molar-refractivity contribution in [3.63, 3.8) is 0 Å². The summed E-state index contributed by atoms with van der Waals surface area (Å²) in [6.07, 6.45) is 4.35. The molecule has 2 amide bonds. The number of piperidine rings is 1. The Kier molecular flexibility index (Phi) is 4.60. The van der Waals surface area contributed by atoms with E-state index in [1.165, 1.54) is 7.11 Å². The molecule has 1 spiro atoms. The SMILES string of the molecule is COCC(=O)N1CCC2(CC1)O[C@H](C(=O)N(C)C)Cn1ccnc12. The molecule has 1 saturated heterocycles. The van der Waals surface area contributed by atoms with E-state index >= 15 is 0 Å². The summed E-state index contributed by atoms with van der Waals surface area (Å²) in [6.45, 7) is 1.69. The monoisotopic (exact) mass is 336 g/mol. The Morgan fingerprint density at radius 2 is 2.12 bits per heavy atom. The Balaban J connectivity index is 1.80. The van der Waals surface area contributed by atoms with Gasteiger partial charge in [0, 0.05) is 59.5 Å². The number of ether oxygens (including phenoxy) is 2. The highest BCUT2D eigenvalue weighted by Crippen LogP contribution is 2.40. The minimum absolute atomic E-state index is 0.0209. The van der Waals surface area contributed by atoms with Crippen LogP contribution in [0.25, 0.3) is 0 Å². The number of imidazole rings is 1. The molecule has 3 rings (SSSR count). The number of aromatic nitrogens is 2. The molecule has 1 aromatic rings. The van der Waals surface area contributed by atoms with Gasteiger partial charge >= 0.3 is 0 Å². The van der Waals surface area contributed by atoms with Crippen molar-refractivity contribution >= 4 is 11.8 Å². The van der Waals surface area contributed by atoms with Crippen LogP contribution in [-0.4, -0.2) is 78.2 Å². The number of nitrogens with zero attached hydrogens (tertiary/aromatic N) is 4. The minimum Gasteiger partial charge on any atom is -0.375 e. The molecular weight excluding hydrogens is 312 g/mol. The van der Waals surface area contributed by atoms with Gasteiger partial charge in [0.1, 0.15) is 18.0 Å². The lowest BCUT2D eigenvalue weighted by Gasteiger charge is -2.45. The number of fused-ring (bicyclic) bond motifs is 2. The number of likely N-dealkylation sites (N-methyl/N-ethyl adjacent to an activating group) is 1. The topological polar surface area (TPSA) is 76.9 Å². The maximum absolute atomic E-state index is 12.4. The van der Waals surface area contributed by atoms with Gasteiger partial charge in [0.25, 0.3) is 5.91 Å². The van der Waals surface area contributed by atoms with Gasteiger partial charge in [0.15, 0.2) is 6.10 Å². The largest absolute Gasteiger partial charge is 0.375 e. The van der Waals surface area contributed by atoms with Gasteiger partial charge in [-0.1, -0.05) is 0 Å². The number of carbonyl (C=O) groups is 2. The first-order valence-corrected chi connectivity index (χ1v) is 8.14. The van der Waals surface area contributed by atoms with Crippen LogP contribution >= 0.6 is 0 Å². The van der Waals surface area contributed by atoms with Crippen molar-refractivity contribution in [2.45, 2.75) is 31.1 Å². The first-order valence-electron chi connectivity index (χ1n) is 8.14. The van der Waals surface area contributed by atoms with Gasteiger partial charge in [0.05, 0.1) is 6.54 Å². The van der Waals surface area contributed by atoms with Crippen molar-refractivity contribution in [3.8, 4) is 0 Å². The van der Waals surface area contributed by atoms with Crippen LogP contribution in [0.15, 0.2) is 12.4 Å². The van der Waals surface area contributed by atoms with Gasteiger partial charge in [-0.15, -0.1) is 0 Å². The quantitative estimate of drug-likeness (QED) is 0.766. The average molecular weight is 336 g/mol. The summed E-state index contributed by atoms with van der Waals surface area (Å²) >= 11 is 0. The lowest BCUT2D eigenvalue weighted by atomic mass is 9.88. The molecule has 1 aromatic heterocycles. The van der Waals surface area contributed by atoms with Crippen molar-refractivity contribution < 1.29 is 19.1 Å². The molecule has 132 valence electrons. The van der Waals surface area contributed by atoms with Gasteiger partial charge in [-0.3, -0.25) is 9.59 Å². The van der Waals surface area contributed by atoms with E-state index in [1.54, 1.807) is 30.1 Å². The normalized spacial score (nSPS) is 22.3.